The number of aliphatic hydroxyl groups is 1. The summed E-state index contributed by atoms with van der Waals surface area (Å²) >= 11 is 0. The molecule has 0 aromatic carbocycles. The third-order valence-corrected chi connectivity index (χ3v) is 5.23. The molecule has 2 N–H and O–H groups in total. The van der Waals surface area contributed by atoms with Gasteiger partial charge in [-0.1, -0.05) is 0 Å². The van der Waals surface area contributed by atoms with Crippen LogP contribution in [0.15, 0.2) is 0 Å². The fourth-order valence-corrected chi connectivity index (χ4v) is 4.44. The molecule has 0 spiro atoms. The lowest BCUT2D eigenvalue weighted by atomic mass is 10.1. The molecule has 0 aromatic rings. The van der Waals surface area contributed by atoms with Gasteiger partial charge in [-0.3, -0.25) is 14.6 Å². The third kappa shape index (κ3) is 3.19. The summed E-state index contributed by atoms with van der Waals surface area (Å²) in [5, 5.41) is 18.4. The summed E-state index contributed by atoms with van der Waals surface area (Å²) in [6, 6.07) is -0.332. The molecular weight excluding hydrogens is 260 g/mol. The summed E-state index contributed by atoms with van der Waals surface area (Å²) in [6.07, 6.45) is -0.818. The Kier molecular flexibility index (Phi) is 3.90. The summed E-state index contributed by atoms with van der Waals surface area (Å²) in [4.78, 5) is 14.3. The second kappa shape index (κ2) is 5.12. The van der Waals surface area contributed by atoms with E-state index < -0.39 is 21.9 Å². The quantitative estimate of drug-likeness (QED) is 0.607. The van der Waals surface area contributed by atoms with Crippen LogP contribution < -0.4 is 0 Å². The molecule has 0 aromatic heterocycles. The van der Waals surface area contributed by atoms with Gasteiger partial charge in [-0.05, 0) is 0 Å². The molecule has 2 aliphatic heterocycles. The van der Waals surface area contributed by atoms with Gasteiger partial charge in [0.05, 0.1) is 30.2 Å². The molecule has 0 aliphatic carbocycles. The predicted octanol–water partition coefficient (Wildman–Crippen LogP) is -2.15. The highest BCUT2D eigenvalue weighted by molar-refractivity contribution is 7.91. The second-order valence-electron chi connectivity index (χ2n) is 4.92. The van der Waals surface area contributed by atoms with Crippen molar-refractivity contribution >= 4 is 15.8 Å². The molecule has 2 saturated heterocycles. The molecule has 2 fully saturated rings. The van der Waals surface area contributed by atoms with Gasteiger partial charge in [0.1, 0.15) is 0 Å². The summed E-state index contributed by atoms with van der Waals surface area (Å²) in [5.41, 5.74) is 0. The van der Waals surface area contributed by atoms with Crippen molar-refractivity contribution in [3.8, 4) is 0 Å². The number of sulfone groups is 1. The monoisotopic (exact) mass is 278 g/mol. The van der Waals surface area contributed by atoms with Crippen molar-refractivity contribution in [2.45, 2.75) is 12.1 Å². The Labute approximate surface area is 106 Å². The van der Waals surface area contributed by atoms with Gasteiger partial charge in [0.15, 0.2) is 9.84 Å². The van der Waals surface area contributed by atoms with Gasteiger partial charge >= 0.3 is 5.97 Å². The Balaban J connectivity index is 1.88. The maximum atomic E-state index is 11.4. The molecule has 2 heterocycles. The first kappa shape index (κ1) is 13.7. The fraction of sp³-hybridized carbons (Fsp3) is 0.900. The largest absolute Gasteiger partial charge is 0.480 e. The topological polar surface area (TPSA) is 98.2 Å². The van der Waals surface area contributed by atoms with E-state index in [0.29, 0.717) is 26.2 Å². The van der Waals surface area contributed by atoms with Crippen LogP contribution in [0.4, 0.5) is 0 Å². The molecular formula is C10H18N2O5S. The average Bonchev–Trinajstić information content (AvgIpc) is 2.52. The highest BCUT2D eigenvalue weighted by atomic mass is 32.2. The van der Waals surface area contributed by atoms with E-state index in [4.69, 9.17) is 5.11 Å². The number of carboxylic acids is 1. The summed E-state index contributed by atoms with van der Waals surface area (Å²) < 4.78 is 22.9. The summed E-state index contributed by atoms with van der Waals surface area (Å²) in [7, 11) is -3.13. The van der Waals surface area contributed by atoms with Crippen LogP contribution in [0.2, 0.25) is 0 Å². The first-order valence-electron chi connectivity index (χ1n) is 5.94. The van der Waals surface area contributed by atoms with E-state index in [1.165, 1.54) is 0 Å². The zero-order valence-electron chi connectivity index (χ0n) is 10.0. The number of aliphatic carboxylic acids is 1. The Hall–Kier alpha value is -0.700. The highest BCUT2D eigenvalue weighted by Crippen LogP contribution is 2.19. The van der Waals surface area contributed by atoms with Crippen LogP contribution in [0.5, 0.6) is 0 Å². The van der Waals surface area contributed by atoms with Gasteiger partial charge in [-0.25, -0.2) is 8.42 Å². The number of carbonyl (C=O) groups is 1. The average molecular weight is 278 g/mol. The summed E-state index contributed by atoms with van der Waals surface area (Å²) in [6.45, 7) is 2.40. The zero-order valence-corrected chi connectivity index (χ0v) is 10.8. The molecule has 0 bridgehead atoms. The van der Waals surface area contributed by atoms with E-state index in [1.807, 2.05) is 9.80 Å². The molecule has 2 aliphatic rings. The minimum Gasteiger partial charge on any atom is -0.480 e. The molecule has 0 amide bonds. The maximum Gasteiger partial charge on any atom is 0.317 e. The Bertz CT molecular complexity index is 416. The maximum absolute atomic E-state index is 11.4. The second-order valence-corrected chi connectivity index (χ2v) is 7.07. The van der Waals surface area contributed by atoms with Crippen LogP contribution in [0.3, 0.4) is 0 Å². The van der Waals surface area contributed by atoms with E-state index in [0.717, 1.165) is 0 Å². The van der Waals surface area contributed by atoms with Gasteiger partial charge in [0, 0.05) is 26.2 Å². The summed E-state index contributed by atoms with van der Waals surface area (Å²) in [5.74, 6) is -1.01. The van der Waals surface area contributed by atoms with E-state index >= 15 is 0 Å². The van der Waals surface area contributed by atoms with E-state index in [2.05, 4.69) is 0 Å². The Morgan fingerprint density at radius 2 is 1.78 bits per heavy atom. The molecule has 2 atom stereocenters. The molecule has 2 rings (SSSR count). The minimum absolute atomic E-state index is 0.00704. The van der Waals surface area contributed by atoms with Gasteiger partial charge in [0.25, 0.3) is 0 Å². The van der Waals surface area contributed by atoms with Crippen molar-refractivity contribution in [3.05, 3.63) is 0 Å². The van der Waals surface area contributed by atoms with Gasteiger partial charge in [0.2, 0.25) is 0 Å². The van der Waals surface area contributed by atoms with Crippen molar-refractivity contribution < 1.29 is 23.4 Å². The van der Waals surface area contributed by atoms with E-state index in [1.54, 1.807) is 0 Å². The van der Waals surface area contributed by atoms with Crippen molar-refractivity contribution in [3.63, 3.8) is 0 Å². The molecule has 104 valence electrons. The Morgan fingerprint density at radius 1 is 1.17 bits per heavy atom. The number of nitrogens with zero attached hydrogens (tertiary/aromatic N) is 2. The van der Waals surface area contributed by atoms with Crippen LogP contribution in [0.1, 0.15) is 0 Å². The van der Waals surface area contributed by atoms with Crippen molar-refractivity contribution in [1.82, 2.24) is 9.80 Å². The molecule has 2 unspecified atom stereocenters. The highest BCUT2D eigenvalue weighted by Gasteiger charge is 2.40. The molecule has 18 heavy (non-hydrogen) atoms. The smallest absolute Gasteiger partial charge is 0.317 e. The lowest BCUT2D eigenvalue weighted by Gasteiger charge is -2.37. The first-order valence-corrected chi connectivity index (χ1v) is 7.76. The normalized spacial score (nSPS) is 33.6. The van der Waals surface area contributed by atoms with Gasteiger partial charge < -0.3 is 10.2 Å². The number of piperazine rings is 1. The molecule has 0 saturated carbocycles. The minimum atomic E-state index is -3.13. The SMILES string of the molecule is O=C(O)CN1CCN(C2CS(=O)(=O)CC2O)CC1. The van der Waals surface area contributed by atoms with Crippen LogP contribution in [-0.2, 0) is 14.6 Å². The van der Waals surface area contributed by atoms with Crippen molar-refractivity contribution in [2.75, 3.05) is 44.2 Å². The van der Waals surface area contributed by atoms with Gasteiger partial charge in [-0.2, -0.15) is 0 Å². The number of carboxylic acid groups (broad SMARTS) is 1. The van der Waals surface area contributed by atoms with Crippen molar-refractivity contribution in [1.29, 1.82) is 0 Å². The van der Waals surface area contributed by atoms with Crippen LogP contribution in [-0.4, -0.2) is 90.8 Å². The number of hydrogen-bond acceptors (Lipinski definition) is 6. The number of hydrogen-bond donors (Lipinski definition) is 2. The number of rotatable bonds is 3. The zero-order chi connectivity index (χ0) is 13.3. The van der Waals surface area contributed by atoms with Crippen LogP contribution in [0, 0.1) is 0 Å². The molecule has 7 nitrogen and oxygen atoms in total. The molecule has 8 heteroatoms. The van der Waals surface area contributed by atoms with E-state index in [9.17, 15) is 18.3 Å². The van der Waals surface area contributed by atoms with Crippen LogP contribution in [0.25, 0.3) is 0 Å². The first-order chi connectivity index (χ1) is 8.37. The Morgan fingerprint density at radius 3 is 2.22 bits per heavy atom. The van der Waals surface area contributed by atoms with Gasteiger partial charge in [-0.15, -0.1) is 0 Å². The third-order valence-electron chi connectivity index (χ3n) is 3.53. The standard InChI is InChI=1S/C10H18N2O5S/c13-9-7-18(16,17)6-8(9)12-3-1-11(2-4-12)5-10(14)15/h8-9,13H,1-7H2,(H,14,15). The van der Waals surface area contributed by atoms with Crippen molar-refractivity contribution in [2.24, 2.45) is 0 Å². The van der Waals surface area contributed by atoms with E-state index in [-0.39, 0.29) is 24.1 Å². The number of aliphatic hydroxyl groups excluding tert-OH is 1. The lowest BCUT2D eigenvalue weighted by molar-refractivity contribution is -0.138. The predicted molar refractivity (Wildman–Crippen MR) is 64.1 cm³/mol. The van der Waals surface area contributed by atoms with Crippen LogP contribution >= 0.6 is 0 Å². The fourth-order valence-electron chi connectivity index (χ4n) is 2.60. The lowest BCUT2D eigenvalue weighted by Crippen LogP contribution is -2.54. The molecule has 0 radical (unpaired) electrons.